The third-order valence-corrected chi connectivity index (χ3v) is 7.65. The van der Waals surface area contributed by atoms with Gasteiger partial charge >= 0.3 is 6.18 Å². The first-order valence-electron chi connectivity index (χ1n) is 9.64. The fourth-order valence-electron chi connectivity index (χ4n) is 3.66. The zero-order chi connectivity index (χ0) is 23.1. The second-order valence-corrected chi connectivity index (χ2v) is 9.54. The van der Waals surface area contributed by atoms with E-state index in [1.807, 2.05) is 0 Å². The Bertz CT molecular complexity index is 1270. The Hall–Kier alpha value is -2.63. The van der Waals surface area contributed by atoms with Crippen molar-refractivity contribution in [3.63, 3.8) is 0 Å². The molecule has 12 heteroatoms. The van der Waals surface area contributed by atoms with Gasteiger partial charge in [-0.1, -0.05) is 35.9 Å². The number of amides is 1. The lowest BCUT2D eigenvalue weighted by atomic mass is 10.3. The van der Waals surface area contributed by atoms with Crippen molar-refractivity contribution in [3.8, 4) is 0 Å². The number of benzene rings is 2. The second-order valence-electron chi connectivity index (χ2n) is 7.22. The molecule has 32 heavy (non-hydrogen) atoms. The van der Waals surface area contributed by atoms with E-state index in [4.69, 9.17) is 11.6 Å². The average molecular weight is 487 g/mol. The summed E-state index contributed by atoms with van der Waals surface area (Å²) in [5.74, 6) is -1.69. The summed E-state index contributed by atoms with van der Waals surface area (Å²) in [5, 5.41) is 0.0951. The summed E-state index contributed by atoms with van der Waals surface area (Å²) in [6, 6.07) is 12.1. The van der Waals surface area contributed by atoms with Crippen LogP contribution >= 0.6 is 11.6 Å². The number of carbonyl (C=O) groups excluding carboxylic acids is 1. The van der Waals surface area contributed by atoms with Crippen molar-refractivity contribution < 1.29 is 26.4 Å². The number of alkyl halides is 3. The van der Waals surface area contributed by atoms with Crippen molar-refractivity contribution in [1.29, 1.82) is 0 Å². The molecule has 3 aromatic rings. The van der Waals surface area contributed by atoms with Crippen molar-refractivity contribution in [3.05, 3.63) is 59.4 Å². The van der Waals surface area contributed by atoms with Crippen LogP contribution in [0.1, 0.15) is 5.82 Å². The molecule has 170 valence electrons. The predicted molar refractivity (Wildman–Crippen MR) is 112 cm³/mol. The van der Waals surface area contributed by atoms with Gasteiger partial charge in [-0.15, -0.1) is 0 Å². The quantitative estimate of drug-likeness (QED) is 0.567. The van der Waals surface area contributed by atoms with Gasteiger partial charge in [-0.3, -0.25) is 4.79 Å². The highest BCUT2D eigenvalue weighted by molar-refractivity contribution is 7.89. The highest BCUT2D eigenvalue weighted by Gasteiger charge is 2.38. The van der Waals surface area contributed by atoms with E-state index in [1.54, 1.807) is 24.3 Å². The molecular formula is C20H18ClF3N4O3S. The molecule has 7 nitrogen and oxygen atoms in total. The molecule has 0 spiro atoms. The van der Waals surface area contributed by atoms with Gasteiger partial charge in [0.2, 0.25) is 21.8 Å². The van der Waals surface area contributed by atoms with Crippen molar-refractivity contribution in [1.82, 2.24) is 18.8 Å². The lowest BCUT2D eigenvalue weighted by Gasteiger charge is -2.34. The Morgan fingerprint density at radius 2 is 1.62 bits per heavy atom. The first-order chi connectivity index (χ1) is 15.1. The van der Waals surface area contributed by atoms with Crippen molar-refractivity contribution in [2.75, 3.05) is 26.2 Å². The Morgan fingerprint density at radius 1 is 1.00 bits per heavy atom. The van der Waals surface area contributed by atoms with E-state index >= 15 is 0 Å². The minimum Gasteiger partial charge on any atom is -0.339 e. The number of halogens is 4. The van der Waals surface area contributed by atoms with E-state index in [9.17, 15) is 26.4 Å². The average Bonchev–Trinajstić information content (AvgIpc) is 3.13. The predicted octanol–water partition coefficient (Wildman–Crippen LogP) is 3.24. The molecule has 1 aliphatic rings. The SMILES string of the molecule is O=C(Cn1c(C(F)(F)F)nc2ccccc21)N1CCN(S(=O)(=O)c2ccccc2Cl)CC1. The molecule has 1 aromatic heterocycles. The van der Waals surface area contributed by atoms with E-state index in [0.717, 1.165) is 4.57 Å². The monoisotopic (exact) mass is 486 g/mol. The summed E-state index contributed by atoms with van der Waals surface area (Å²) in [7, 11) is -3.85. The molecule has 1 amide bonds. The number of rotatable bonds is 4. The third kappa shape index (κ3) is 4.19. The van der Waals surface area contributed by atoms with Crippen LogP contribution in [0.3, 0.4) is 0 Å². The number of carbonyl (C=O) groups is 1. The van der Waals surface area contributed by atoms with Crippen LogP contribution in [-0.4, -0.2) is 59.3 Å². The summed E-state index contributed by atoms with van der Waals surface area (Å²) in [5.41, 5.74) is 0.344. The summed E-state index contributed by atoms with van der Waals surface area (Å²) < 4.78 is 68.1. The number of sulfonamides is 1. The number of hydrogen-bond acceptors (Lipinski definition) is 4. The van der Waals surface area contributed by atoms with Gasteiger partial charge in [0.05, 0.1) is 16.1 Å². The maximum Gasteiger partial charge on any atom is 0.449 e. The second kappa shape index (κ2) is 8.38. The van der Waals surface area contributed by atoms with Crippen LogP contribution < -0.4 is 0 Å². The van der Waals surface area contributed by atoms with Gasteiger partial charge < -0.3 is 9.47 Å². The Balaban J connectivity index is 1.50. The zero-order valence-corrected chi connectivity index (χ0v) is 18.2. The van der Waals surface area contributed by atoms with E-state index in [2.05, 4.69) is 4.98 Å². The fraction of sp³-hybridized carbons (Fsp3) is 0.300. The number of aromatic nitrogens is 2. The lowest BCUT2D eigenvalue weighted by Crippen LogP contribution is -2.51. The van der Waals surface area contributed by atoms with Crippen molar-refractivity contribution in [2.24, 2.45) is 0 Å². The summed E-state index contributed by atoms with van der Waals surface area (Å²) >= 11 is 6.01. The van der Waals surface area contributed by atoms with Crippen molar-refractivity contribution in [2.45, 2.75) is 17.6 Å². The van der Waals surface area contributed by atoms with Crippen LogP contribution in [0.5, 0.6) is 0 Å². The standard InChI is InChI=1S/C20H18ClF3N4O3S/c21-14-5-1-4-8-17(14)32(30,31)27-11-9-26(10-12-27)18(29)13-28-16-7-3-2-6-15(16)25-19(28)20(22,23)24/h1-8H,9-13H2. The lowest BCUT2D eigenvalue weighted by molar-refractivity contribution is -0.148. The van der Waals surface area contributed by atoms with Gasteiger partial charge in [0, 0.05) is 26.2 Å². The zero-order valence-electron chi connectivity index (χ0n) is 16.6. The minimum absolute atomic E-state index is 0.0100. The minimum atomic E-state index is -4.72. The molecule has 2 heterocycles. The summed E-state index contributed by atoms with van der Waals surface area (Å²) in [6.45, 7) is -0.425. The van der Waals surface area contributed by atoms with Crippen LogP contribution in [0.2, 0.25) is 5.02 Å². The van der Waals surface area contributed by atoms with Crippen LogP contribution in [0.4, 0.5) is 13.2 Å². The molecule has 2 aromatic carbocycles. The van der Waals surface area contributed by atoms with Gasteiger partial charge in [-0.05, 0) is 24.3 Å². The highest BCUT2D eigenvalue weighted by atomic mass is 35.5. The molecule has 0 aliphatic carbocycles. The fourth-order valence-corrected chi connectivity index (χ4v) is 5.57. The molecule has 0 bridgehead atoms. The number of hydrogen-bond donors (Lipinski definition) is 0. The number of fused-ring (bicyclic) bond motifs is 1. The van der Waals surface area contributed by atoms with Gasteiger partial charge in [0.15, 0.2) is 0 Å². The smallest absolute Gasteiger partial charge is 0.339 e. The van der Waals surface area contributed by atoms with Crippen molar-refractivity contribution >= 4 is 38.6 Å². The largest absolute Gasteiger partial charge is 0.449 e. The van der Waals surface area contributed by atoms with Crippen LogP contribution in [0, 0.1) is 0 Å². The normalized spacial score (nSPS) is 15.9. The van der Waals surface area contributed by atoms with Crippen LogP contribution in [0.25, 0.3) is 11.0 Å². The number of nitrogens with zero attached hydrogens (tertiary/aromatic N) is 4. The Labute approximate surface area is 187 Å². The molecule has 1 aliphatic heterocycles. The highest BCUT2D eigenvalue weighted by Crippen LogP contribution is 2.31. The molecule has 4 rings (SSSR count). The number of para-hydroxylation sites is 2. The van der Waals surface area contributed by atoms with Gasteiger partial charge in [0.25, 0.3) is 0 Å². The molecule has 1 fully saturated rings. The van der Waals surface area contributed by atoms with E-state index in [-0.39, 0.29) is 47.1 Å². The first-order valence-corrected chi connectivity index (χ1v) is 11.5. The number of piperazine rings is 1. The topological polar surface area (TPSA) is 75.5 Å². The Kier molecular flexibility index (Phi) is 5.91. The molecule has 1 saturated heterocycles. The molecule has 0 unspecified atom stereocenters. The van der Waals surface area contributed by atoms with E-state index < -0.39 is 34.5 Å². The summed E-state index contributed by atoms with van der Waals surface area (Å²) in [4.78, 5) is 17.8. The van der Waals surface area contributed by atoms with E-state index in [0.29, 0.717) is 0 Å². The molecule has 0 N–H and O–H groups in total. The van der Waals surface area contributed by atoms with Gasteiger partial charge in [-0.25, -0.2) is 13.4 Å². The van der Waals surface area contributed by atoms with Gasteiger partial charge in [-0.2, -0.15) is 17.5 Å². The Morgan fingerprint density at radius 3 is 2.28 bits per heavy atom. The molecule has 0 atom stereocenters. The third-order valence-electron chi connectivity index (χ3n) is 5.25. The molecule has 0 saturated carbocycles. The maximum atomic E-state index is 13.5. The number of imidazole rings is 1. The van der Waals surface area contributed by atoms with E-state index in [1.165, 1.54) is 33.5 Å². The maximum absolute atomic E-state index is 13.5. The van der Waals surface area contributed by atoms with Crippen LogP contribution in [-0.2, 0) is 27.5 Å². The van der Waals surface area contributed by atoms with Crippen LogP contribution in [0.15, 0.2) is 53.4 Å². The van der Waals surface area contributed by atoms with Gasteiger partial charge in [0.1, 0.15) is 11.4 Å². The molecule has 0 radical (unpaired) electrons. The first kappa shape index (κ1) is 22.6. The summed E-state index contributed by atoms with van der Waals surface area (Å²) in [6.07, 6.45) is -4.72. The molecular weight excluding hydrogens is 469 g/mol.